The highest BCUT2D eigenvalue weighted by molar-refractivity contribution is 9.10. The standard InChI is InChI=1S/C19H11BrN2O3/c20-12-6-7-16-13(9-12)15(23)10-17(25-16)19(24)22-14-5-1-3-11-4-2-8-21-18(11)14/h1-10H,(H,22,24). The number of amides is 1. The van der Waals surface area contributed by atoms with E-state index in [1.165, 1.54) is 6.07 Å². The molecule has 4 aromatic rings. The van der Waals surface area contributed by atoms with Crippen molar-refractivity contribution in [2.75, 3.05) is 5.32 Å². The number of fused-ring (bicyclic) bond motifs is 2. The Hall–Kier alpha value is -2.99. The second-order valence-corrected chi connectivity index (χ2v) is 6.37. The van der Waals surface area contributed by atoms with Crippen LogP contribution in [0.3, 0.4) is 0 Å². The second-order valence-electron chi connectivity index (χ2n) is 5.45. The summed E-state index contributed by atoms with van der Waals surface area (Å²) in [6.07, 6.45) is 1.66. The van der Waals surface area contributed by atoms with Gasteiger partial charge in [-0.1, -0.05) is 34.1 Å². The molecule has 0 fully saturated rings. The van der Waals surface area contributed by atoms with E-state index < -0.39 is 5.91 Å². The lowest BCUT2D eigenvalue weighted by Crippen LogP contribution is -2.15. The predicted octanol–water partition coefficient (Wildman–Crippen LogP) is 4.36. The minimum Gasteiger partial charge on any atom is -0.451 e. The van der Waals surface area contributed by atoms with E-state index in [1.54, 1.807) is 30.5 Å². The van der Waals surface area contributed by atoms with Gasteiger partial charge in [0, 0.05) is 22.1 Å². The van der Waals surface area contributed by atoms with Crippen LogP contribution in [0.15, 0.2) is 74.5 Å². The summed E-state index contributed by atoms with van der Waals surface area (Å²) in [6.45, 7) is 0. The van der Waals surface area contributed by atoms with Gasteiger partial charge in [-0.25, -0.2) is 0 Å². The van der Waals surface area contributed by atoms with Crippen molar-refractivity contribution in [3.8, 4) is 0 Å². The van der Waals surface area contributed by atoms with Crippen molar-refractivity contribution >= 4 is 49.4 Å². The maximum Gasteiger partial charge on any atom is 0.291 e. The summed E-state index contributed by atoms with van der Waals surface area (Å²) in [4.78, 5) is 29.1. The Balaban J connectivity index is 1.75. The third-order valence-corrected chi connectivity index (χ3v) is 4.29. The molecule has 1 N–H and O–H groups in total. The number of pyridine rings is 1. The number of para-hydroxylation sites is 1. The fourth-order valence-corrected chi connectivity index (χ4v) is 2.99. The molecule has 0 unspecified atom stereocenters. The van der Waals surface area contributed by atoms with E-state index in [2.05, 4.69) is 26.2 Å². The van der Waals surface area contributed by atoms with Crippen LogP contribution in [0.4, 0.5) is 5.69 Å². The molecule has 6 heteroatoms. The van der Waals surface area contributed by atoms with Gasteiger partial charge >= 0.3 is 0 Å². The van der Waals surface area contributed by atoms with E-state index in [-0.39, 0.29) is 11.2 Å². The number of halogens is 1. The Bertz CT molecular complexity index is 1180. The molecule has 4 rings (SSSR count). The van der Waals surface area contributed by atoms with Gasteiger partial charge in [0.1, 0.15) is 5.58 Å². The number of hydrogen-bond acceptors (Lipinski definition) is 4. The van der Waals surface area contributed by atoms with Crippen molar-refractivity contribution in [3.05, 3.63) is 81.3 Å². The van der Waals surface area contributed by atoms with Gasteiger partial charge in [0.25, 0.3) is 5.91 Å². The Kier molecular flexibility index (Phi) is 3.82. The number of rotatable bonds is 2. The molecule has 0 bridgehead atoms. The first-order valence-corrected chi connectivity index (χ1v) is 8.30. The fraction of sp³-hybridized carbons (Fsp3) is 0. The molecule has 122 valence electrons. The summed E-state index contributed by atoms with van der Waals surface area (Å²) >= 11 is 3.31. The van der Waals surface area contributed by atoms with Gasteiger partial charge in [-0.05, 0) is 30.3 Å². The summed E-state index contributed by atoms with van der Waals surface area (Å²) < 4.78 is 6.36. The van der Waals surface area contributed by atoms with Crippen LogP contribution >= 0.6 is 15.9 Å². The number of aromatic nitrogens is 1. The van der Waals surface area contributed by atoms with Gasteiger partial charge in [-0.2, -0.15) is 0 Å². The summed E-state index contributed by atoms with van der Waals surface area (Å²) in [7, 11) is 0. The molecule has 0 atom stereocenters. The molecule has 25 heavy (non-hydrogen) atoms. The summed E-state index contributed by atoms with van der Waals surface area (Å²) in [5.41, 5.74) is 1.31. The van der Waals surface area contributed by atoms with Crippen molar-refractivity contribution in [2.24, 2.45) is 0 Å². The molecule has 0 saturated heterocycles. The number of benzene rings is 2. The first-order valence-electron chi connectivity index (χ1n) is 7.50. The topological polar surface area (TPSA) is 72.2 Å². The highest BCUT2D eigenvalue weighted by Gasteiger charge is 2.14. The number of carbonyl (C=O) groups is 1. The fourth-order valence-electron chi connectivity index (χ4n) is 2.63. The molecule has 2 aromatic carbocycles. The van der Waals surface area contributed by atoms with E-state index >= 15 is 0 Å². The van der Waals surface area contributed by atoms with Crippen LogP contribution in [0.2, 0.25) is 0 Å². The van der Waals surface area contributed by atoms with E-state index in [1.807, 2.05) is 24.3 Å². The minimum atomic E-state index is -0.500. The van der Waals surface area contributed by atoms with Gasteiger partial charge in [-0.15, -0.1) is 0 Å². The Morgan fingerprint density at radius 1 is 1.08 bits per heavy atom. The van der Waals surface area contributed by atoms with E-state index in [0.717, 1.165) is 9.86 Å². The van der Waals surface area contributed by atoms with Crippen molar-refractivity contribution < 1.29 is 9.21 Å². The van der Waals surface area contributed by atoms with E-state index in [0.29, 0.717) is 22.2 Å². The molecule has 0 aliphatic carbocycles. The smallest absolute Gasteiger partial charge is 0.291 e. The van der Waals surface area contributed by atoms with Crippen LogP contribution in [0.5, 0.6) is 0 Å². The lowest BCUT2D eigenvalue weighted by atomic mass is 10.2. The van der Waals surface area contributed by atoms with E-state index in [4.69, 9.17) is 4.42 Å². The quantitative estimate of drug-likeness (QED) is 0.548. The molecule has 0 radical (unpaired) electrons. The SMILES string of the molecule is O=C(Nc1cccc2cccnc12)c1cc(=O)c2cc(Br)ccc2o1. The zero-order valence-corrected chi connectivity index (χ0v) is 14.4. The van der Waals surface area contributed by atoms with Crippen LogP contribution in [0, 0.1) is 0 Å². The Labute approximate surface area is 150 Å². The summed E-state index contributed by atoms with van der Waals surface area (Å²) in [5, 5.41) is 4.08. The predicted molar refractivity (Wildman–Crippen MR) is 99.9 cm³/mol. The average molecular weight is 395 g/mol. The number of nitrogens with zero attached hydrogens (tertiary/aromatic N) is 1. The van der Waals surface area contributed by atoms with Crippen LogP contribution in [0.1, 0.15) is 10.6 Å². The van der Waals surface area contributed by atoms with Crippen molar-refractivity contribution in [2.45, 2.75) is 0 Å². The van der Waals surface area contributed by atoms with Gasteiger partial charge in [0.15, 0.2) is 11.2 Å². The van der Waals surface area contributed by atoms with Gasteiger partial charge < -0.3 is 9.73 Å². The first-order chi connectivity index (χ1) is 12.1. The van der Waals surface area contributed by atoms with Crippen LogP contribution in [-0.4, -0.2) is 10.9 Å². The third kappa shape index (κ3) is 2.92. The molecule has 1 amide bonds. The van der Waals surface area contributed by atoms with Gasteiger partial charge in [-0.3, -0.25) is 14.6 Å². The zero-order valence-electron chi connectivity index (χ0n) is 12.8. The maximum atomic E-state index is 12.5. The highest BCUT2D eigenvalue weighted by atomic mass is 79.9. The molecule has 0 aliphatic heterocycles. The molecular formula is C19H11BrN2O3. The Morgan fingerprint density at radius 2 is 1.92 bits per heavy atom. The average Bonchev–Trinajstić information content (AvgIpc) is 2.62. The second kappa shape index (κ2) is 6.14. The van der Waals surface area contributed by atoms with E-state index in [9.17, 15) is 9.59 Å². The van der Waals surface area contributed by atoms with Gasteiger partial charge in [0.2, 0.25) is 0 Å². The lowest BCUT2D eigenvalue weighted by molar-refractivity contribution is 0.0997. The zero-order chi connectivity index (χ0) is 17.4. The molecular weight excluding hydrogens is 384 g/mol. The highest BCUT2D eigenvalue weighted by Crippen LogP contribution is 2.22. The summed E-state index contributed by atoms with van der Waals surface area (Å²) in [5.74, 6) is -0.548. The summed E-state index contributed by atoms with van der Waals surface area (Å²) in [6, 6.07) is 15.5. The molecule has 2 heterocycles. The number of carbonyl (C=O) groups excluding carboxylic acids is 1. The normalized spacial score (nSPS) is 10.9. The third-order valence-electron chi connectivity index (χ3n) is 3.79. The van der Waals surface area contributed by atoms with Crippen molar-refractivity contribution in [1.29, 1.82) is 0 Å². The maximum absolute atomic E-state index is 12.5. The van der Waals surface area contributed by atoms with Gasteiger partial charge in [0.05, 0.1) is 16.6 Å². The van der Waals surface area contributed by atoms with Crippen molar-refractivity contribution in [1.82, 2.24) is 4.98 Å². The van der Waals surface area contributed by atoms with Crippen LogP contribution in [-0.2, 0) is 0 Å². The molecule has 0 aliphatic rings. The first kappa shape index (κ1) is 15.5. The number of nitrogens with one attached hydrogen (secondary N) is 1. The number of anilines is 1. The van der Waals surface area contributed by atoms with Crippen LogP contribution in [0.25, 0.3) is 21.9 Å². The monoisotopic (exact) mass is 394 g/mol. The molecule has 5 nitrogen and oxygen atoms in total. The molecule has 0 saturated carbocycles. The molecule has 0 spiro atoms. The Morgan fingerprint density at radius 3 is 2.80 bits per heavy atom. The minimum absolute atomic E-state index is 0.0484. The van der Waals surface area contributed by atoms with Crippen molar-refractivity contribution in [3.63, 3.8) is 0 Å². The molecule has 2 aromatic heterocycles. The largest absolute Gasteiger partial charge is 0.451 e. The number of hydrogen-bond donors (Lipinski definition) is 1. The lowest BCUT2D eigenvalue weighted by Gasteiger charge is -2.08. The van der Waals surface area contributed by atoms with Crippen LogP contribution < -0.4 is 10.7 Å².